The van der Waals surface area contributed by atoms with Crippen LogP contribution >= 0.6 is 0 Å². The molecule has 2 atom stereocenters. The predicted molar refractivity (Wildman–Crippen MR) is 93.5 cm³/mol. The number of aromatic nitrogens is 2. The zero-order chi connectivity index (χ0) is 16.9. The Morgan fingerprint density at radius 1 is 1.33 bits per heavy atom. The largest absolute Gasteiger partial charge is 0.394 e. The van der Waals surface area contributed by atoms with Gasteiger partial charge in [0.15, 0.2) is 0 Å². The van der Waals surface area contributed by atoms with Gasteiger partial charge in [-0.15, -0.1) is 0 Å². The van der Waals surface area contributed by atoms with E-state index in [0.29, 0.717) is 12.5 Å². The van der Waals surface area contributed by atoms with Crippen molar-refractivity contribution in [2.24, 2.45) is 5.92 Å². The van der Waals surface area contributed by atoms with Gasteiger partial charge in [0.05, 0.1) is 24.9 Å². The highest BCUT2D eigenvalue weighted by atomic mass is 16.5. The molecule has 2 aromatic rings. The monoisotopic (exact) mass is 329 g/mol. The van der Waals surface area contributed by atoms with Gasteiger partial charge in [-0.3, -0.25) is 10.00 Å². The third kappa shape index (κ3) is 4.04. The van der Waals surface area contributed by atoms with E-state index in [2.05, 4.69) is 47.1 Å². The molecule has 0 bridgehead atoms. The van der Waals surface area contributed by atoms with Crippen molar-refractivity contribution in [2.45, 2.75) is 39.0 Å². The van der Waals surface area contributed by atoms with Crippen LogP contribution in [0.4, 0.5) is 0 Å². The first-order valence-electron chi connectivity index (χ1n) is 8.72. The number of benzene rings is 1. The standard InChI is InChI=1S/C19H27N3O2/c1-14(2)10-16-11-17(21-20-16)12-22-8-9-24-18(13-23)19(22)15-6-4-3-5-7-15/h3-7,11,14,18-19,23H,8-10,12-13H2,1-2H3,(H,20,21)/t18-,19-/m1/s1. The molecule has 5 heteroatoms. The van der Waals surface area contributed by atoms with Gasteiger partial charge < -0.3 is 9.84 Å². The Kier molecular flexibility index (Phi) is 5.66. The minimum absolute atomic E-state index is 0.0254. The summed E-state index contributed by atoms with van der Waals surface area (Å²) in [5.41, 5.74) is 3.41. The van der Waals surface area contributed by atoms with Gasteiger partial charge in [0.25, 0.3) is 0 Å². The summed E-state index contributed by atoms with van der Waals surface area (Å²) in [7, 11) is 0. The molecule has 1 aromatic carbocycles. The molecule has 1 aromatic heterocycles. The highest BCUT2D eigenvalue weighted by Crippen LogP contribution is 2.30. The Hall–Kier alpha value is -1.69. The summed E-state index contributed by atoms with van der Waals surface area (Å²) < 4.78 is 5.80. The van der Waals surface area contributed by atoms with Gasteiger partial charge in [0, 0.05) is 18.8 Å². The van der Waals surface area contributed by atoms with Crippen molar-refractivity contribution in [3.63, 3.8) is 0 Å². The molecule has 3 rings (SSSR count). The molecule has 0 unspecified atom stereocenters. The lowest BCUT2D eigenvalue weighted by Gasteiger charge is -2.40. The zero-order valence-corrected chi connectivity index (χ0v) is 14.5. The second kappa shape index (κ2) is 7.92. The van der Waals surface area contributed by atoms with Crippen LogP contribution in [0.3, 0.4) is 0 Å². The molecule has 0 amide bonds. The molecule has 130 valence electrons. The number of rotatable bonds is 6. The summed E-state index contributed by atoms with van der Waals surface area (Å²) in [4.78, 5) is 2.37. The highest BCUT2D eigenvalue weighted by Gasteiger charge is 2.33. The molecule has 24 heavy (non-hydrogen) atoms. The van der Waals surface area contributed by atoms with Crippen LogP contribution in [0, 0.1) is 5.92 Å². The molecule has 0 saturated carbocycles. The first-order chi connectivity index (χ1) is 11.7. The number of morpholine rings is 1. The van der Waals surface area contributed by atoms with Crippen molar-refractivity contribution in [3.05, 3.63) is 53.3 Å². The number of aromatic amines is 1. The summed E-state index contributed by atoms with van der Waals surface area (Å²) in [5.74, 6) is 0.598. The van der Waals surface area contributed by atoms with Crippen molar-refractivity contribution >= 4 is 0 Å². The smallest absolute Gasteiger partial charge is 0.100 e. The molecule has 5 nitrogen and oxygen atoms in total. The Morgan fingerprint density at radius 2 is 2.12 bits per heavy atom. The Balaban J connectivity index is 1.77. The number of hydrogen-bond acceptors (Lipinski definition) is 4. The first-order valence-corrected chi connectivity index (χ1v) is 8.72. The van der Waals surface area contributed by atoms with Crippen LogP contribution in [0.1, 0.15) is 36.8 Å². The van der Waals surface area contributed by atoms with Crippen molar-refractivity contribution in [2.75, 3.05) is 19.8 Å². The predicted octanol–water partition coefficient (Wildman–Crippen LogP) is 2.54. The average Bonchev–Trinajstić information content (AvgIpc) is 3.01. The maximum absolute atomic E-state index is 9.74. The second-order valence-corrected chi connectivity index (χ2v) is 6.90. The average molecular weight is 329 g/mol. The molecule has 1 fully saturated rings. The third-order valence-electron chi connectivity index (χ3n) is 4.45. The first kappa shape index (κ1) is 17.1. The molecule has 1 aliphatic rings. The fourth-order valence-electron chi connectivity index (χ4n) is 3.42. The van der Waals surface area contributed by atoms with Crippen LogP contribution in [0.15, 0.2) is 36.4 Å². The van der Waals surface area contributed by atoms with E-state index in [9.17, 15) is 5.11 Å². The normalized spacial score (nSPS) is 22.2. The van der Waals surface area contributed by atoms with Crippen molar-refractivity contribution in [3.8, 4) is 0 Å². The molecule has 0 radical (unpaired) electrons. The van der Waals surface area contributed by atoms with E-state index >= 15 is 0 Å². The van der Waals surface area contributed by atoms with E-state index in [1.165, 1.54) is 5.56 Å². The maximum atomic E-state index is 9.74. The van der Waals surface area contributed by atoms with E-state index in [1.807, 2.05) is 18.2 Å². The van der Waals surface area contributed by atoms with Gasteiger partial charge in [-0.05, 0) is 24.0 Å². The minimum Gasteiger partial charge on any atom is -0.394 e. The minimum atomic E-state index is -0.195. The fourth-order valence-corrected chi connectivity index (χ4v) is 3.42. The lowest BCUT2D eigenvalue weighted by Crippen LogP contribution is -2.46. The number of nitrogens with one attached hydrogen (secondary N) is 1. The molecule has 1 saturated heterocycles. The lowest BCUT2D eigenvalue weighted by atomic mass is 9.98. The van der Waals surface area contributed by atoms with Gasteiger partial charge in [0.2, 0.25) is 0 Å². The van der Waals surface area contributed by atoms with Crippen LogP contribution in [0.5, 0.6) is 0 Å². The fraction of sp³-hybridized carbons (Fsp3) is 0.526. The van der Waals surface area contributed by atoms with Crippen LogP contribution in [-0.4, -0.2) is 46.1 Å². The van der Waals surface area contributed by atoms with Crippen molar-refractivity contribution in [1.29, 1.82) is 0 Å². The van der Waals surface area contributed by atoms with E-state index < -0.39 is 0 Å². The van der Waals surface area contributed by atoms with Crippen molar-refractivity contribution in [1.82, 2.24) is 15.1 Å². The molecule has 2 heterocycles. The number of ether oxygens (including phenoxy) is 1. The second-order valence-electron chi connectivity index (χ2n) is 6.90. The van der Waals surface area contributed by atoms with Gasteiger partial charge in [-0.1, -0.05) is 44.2 Å². The van der Waals surface area contributed by atoms with E-state index in [0.717, 1.165) is 30.9 Å². The summed E-state index contributed by atoms with van der Waals surface area (Å²) in [6.07, 6.45) is 0.792. The zero-order valence-electron chi connectivity index (χ0n) is 14.5. The molecule has 0 aliphatic carbocycles. The number of nitrogens with zero attached hydrogens (tertiary/aromatic N) is 2. The quantitative estimate of drug-likeness (QED) is 0.855. The molecular formula is C19H27N3O2. The van der Waals surface area contributed by atoms with Gasteiger partial charge >= 0.3 is 0 Å². The summed E-state index contributed by atoms with van der Waals surface area (Å²) >= 11 is 0. The Labute approximate surface area is 143 Å². The topological polar surface area (TPSA) is 61.4 Å². The molecule has 1 aliphatic heterocycles. The van der Waals surface area contributed by atoms with E-state index in [4.69, 9.17) is 4.74 Å². The van der Waals surface area contributed by atoms with Crippen molar-refractivity contribution < 1.29 is 9.84 Å². The van der Waals surface area contributed by atoms with Gasteiger partial charge in [-0.25, -0.2) is 0 Å². The number of aliphatic hydroxyl groups is 1. The number of aliphatic hydroxyl groups excluding tert-OH is 1. The van der Waals surface area contributed by atoms with Crippen LogP contribution in [-0.2, 0) is 17.7 Å². The van der Waals surface area contributed by atoms with Gasteiger partial charge in [-0.2, -0.15) is 5.10 Å². The Bertz CT molecular complexity index is 627. The molecular weight excluding hydrogens is 302 g/mol. The number of hydrogen-bond donors (Lipinski definition) is 2. The van der Waals surface area contributed by atoms with Crippen LogP contribution in [0.2, 0.25) is 0 Å². The highest BCUT2D eigenvalue weighted by molar-refractivity contribution is 5.21. The summed E-state index contributed by atoms with van der Waals surface area (Å²) in [6, 6.07) is 12.5. The lowest BCUT2D eigenvalue weighted by molar-refractivity contribution is -0.0963. The van der Waals surface area contributed by atoms with E-state index in [-0.39, 0.29) is 18.8 Å². The summed E-state index contributed by atoms with van der Waals surface area (Å²) in [5, 5.41) is 17.3. The van der Waals surface area contributed by atoms with Crippen LogP contribution < -0.4 is 0 Å². The maximum Gasteiger partial charge on any atom is 0.100 e. The van der Waals surface area contributed by atoms with E-state index in [1.54, 1.807) is 0 Å². The van der Waals surface area contributed by atoms with Crippen LogP contribution in [0.25, 0.3) is 0 Å². The molecule has 2 N–H and O–H groups in total. The molecule has 0 spiro atoms. The SMILES string of the molecule is CC(C)Cc1cc(CN2CCO[C@H](CO)[C@H]2c2ccccc2)[nH]n1. The van der Waals surface area contributed by atoms with Gasteiger partial charge in [0.1, 0.15) is 6.10 Å². The third-order valence-corrected chi connectivity index (χ3v) is 4.45. The summed E-state index contributed by atoms with van der Waals surface area (Å²) in [6.45, 7) is 6.69. The Morgan fingerprint density at radius 3 is 2.83 bits per heavy atom. The number of H-pyrrole nitrogens is 1.